The maximum atomic E-state index is 11.9. The van der Waals surface area contributed by atoms with Gasteiger partial charge in [-0.25, -0.2) is 9.50 Å². The first-order valence-corrected chi connectivity index (χ1v) is 8.86. The number of nitrogens with one attached hydrogen (secondary N) is 1. The molecule has 0 aliphatic heterocycles. The van der Waals surface area contributed by atoms with Crippen LogP contribution in [0.5, 0.6) is 0 Å². The summed E-state index contributed by atoms with van der Waals surface area (Å²) < 4.78 is 3.55. The van der Waals surface area contributed by atoms with Crippen LogP contribution in [-0.2, 0) is 4.79 Å². The van der Waals surface area contributed by atoms with Gasteiger partial charge in [-0.3, -0.25) is 9.20 Å². The van der Waals surface area contributed by atoms with Crippen molar-refractivity contribution >= 4 is 36.3 Å². The summed E-state index contributed by atoms with van der Waals surface area (Å²) in [5.41, 5.74) is 2.87. The number of amides is 1. The van der Waals surface area contributed by atoms with Gasteiger partial charge in [0.05, 0.1) is 17.8 Å². The molecule has 5 rings (SSSR count). The number of anilines is 1. The van der Waals surface area contributed by atoms with Crippen LogP contribution < -0.4 is 10.8 Å². The molecule has 1 fully saturated rings. The molecule has 0 aromatic carbocycles. The minimum Gasteiger partial charge on any atom is -0.309 e. The lowest BCUT2D eigenvalue weighted by molar-refractivity contribution is -0.117. The summed E-state index contributed by atoms with van der Waals surface area (Å²) in [6, 6.07) is 7.42. The van der Waals surface area contributed by atoms with Gasteiger partial charge in [-0.15, -0.1) is 10.2 Å². The number of nitrogens with zero attached hydrogens (tertiary/aromatic N) is 6. The third-order valence-electron chi connectivity index (χ3n) is 4.82. The molecule has 0 saturated heterocycles. The quantitative estimate of drug-likeness (QED) is 0.552. The number of hydrogen-bond acceptors (Lipinski definition) is 5. The van der Waals surface area contributed by atoms with E-state index in [0.29, 0.717) is 16.9 Å². The molecule has 1 atom stereocenters. The topological polar surface area (TPSA) is 89.5 Å². The van der Waals surface area contributed by atoms with Crippen LogP contribution in [-0.4, -0.2) is 42.9 Å². The van der Waals surface area contributed by atoms with E-state index in [1.54, 1.807) is 16.8 Å². The van der Waals surface area contributed by atoms with E-state index in [1.165, 1.54) is 0 Å². The first kappa shape index (κ1) is 16.0. The highest BCUT2D eigenvalue weighted by Crippen LogP contribution is 2.30. The van der Waals surface area contributed by atoms with E-state index >= 15 is 0 Å². The molecule has 2 radical (unpaired) electrons. The Morgan fingerprint density at radius 3 is 2.81 bits per heavy atom. The standard InChI is InChI=1S/C18H16BN7O/c1-10(17-23-22-16-6-4-12(19)8-25(16)17)13-5-7-15-20-14(9-26(15)24-13)21-18(27)11-2-3-11/h4-11H,2-3H2,1H3,(H,21,27). The minimum atomic E-state index is -0.0990. The number of carbonyl (C=O) groups excluding carboxylic acids is 1. The Morgan fingerprint density at radius 2 is 2.00 bits per heavy atom. The number of carbonyl (C=O) groups is 1. The van der Waals surface area contributed by atoms with Crippen molar-refractivity contribution in [2.24, 2.45) is 5.92 Å². The lowest BCUT2D eigenvalue weighted by Crippen LogP contribution is -2.13. The molecule has 8 nitrogen and oxygen atoms in total. The van der Waals surface area contributed by atoms with Crippen molar-refractivity contribution in [1.29, 1.82) is 0 Å². The highest BCUT2D eigenvalue weighted by molar-refractivity contribution is 6.32. The van der Waals surface area contributed by atoms with E-state index in [-0.39, 0.29) is 17.7 Å². The number of imidazole rings is 1. The number of fused-ring (bicyclic) bond motifs is 2. The second kappa shape index (κ2) is 5.90. The minimum absolute atomic E-state index is 0.0273. The maximum Gasteiger partial charge on any atom is 0.228 e. The molecule has 1 saturated carbocycles. The zero-order chi connectivity index (χ0) is 18.5. The lowest BCUT2D eigenvalue weighted by Gasteiger charge is -2.09. The number of rotatable bonds is 4. The summed E-state index contributed by atoms with van der Waals surface area (Å²) in [7, 11) is 5.89. The van der Waals surface area contributed by atoms with Crippen LogP contribution in [0.3, 0.4) is 0 Å². The van der Waals surface area contributed by atoms with Gasteiger partial charge in [0.15, 0.2) is 17.1 Å². The Hall–Kier alpha value is -3.23. The Bertz CT molecular complexity index is 1180. The molecular weight excluding hydrogens is 341 g/mol. The van der Waals surface area contributed by atoms with E-state index in [1.807, 2.05) is 35.7 Å². The Morgan fingerprint density at radius 1 is 1.19 bits per heavy atom. The zero-order valence-electron chi connectivity index (χ0n) is 14.7. The second-order valence-corrected chi connectivity index (χ2v) is 6.92. The summed E-state index contributed by atoms with van der Waals surface area (Å²) in [6.07, 6.45) is 5.44. The fourth-order valence-electron chi connectivity index (χ4n) is 3.11. The molecule has 4 heterocycles. The molecule has 1 N–H and O–H groups in total. The Labute approximate surface area is 156 Å². The van der Waals surface area contributed by atoms with Gasteiger partial charge in [0, 0.05) is 12.1 Å². The van der Waals surface area contributed by atoms with Crippen LogP contribution >= 0.6 is 0 Å². The summed E-state index contributed by atoms with van der Waals surface area (Å²) >= 11 is 0. The smallest absolute Gasteiger partial charge is 0.228 e. The molecule has 27 heavy (non-hydrogen) atoms. The van der Waals surface area contributed by atoms with E-state index < -0.39 is 0 Å². The molecule has 132 valence electrons. The number of pyridine rings is 1. The third-order valence-corrected chi connectivity index (χ3v) is 4.82. The first-order valence-electron chi connectivity index (χ1n) is 8.86. The molecule has 1 unspecified atom stereocenters. The largest absolute Gasteiger partial charge is 0.309 e. The molecule has 1 aliphatic rings. The van der Waals surface area contributed by atoms with Gasteiger partial charge >= 0.3 is 0 Å². The second-order valence-electron chi connectivity index (χ2n) is 6.92. The fraction of sp³-hybridized carbons (Fsp3) is 0.278. The maximum absolute atomic E-state index is 11.9. The number of aromatic nitrogens is 6. The summed E-state index contributed by atoms with van der Waals surface area (Å²) in [6.45, 7) is 2.01. The zero-order valence-corrected chi connectivity index (χ0v) is 14.7. The van der Waals surface area contributed by atoms with E-state index in [0.717, 1.165) is 30.0 Å². The van der Waals surface area contributed by atoms with Gasteiger partial charge in [-0.1, -0.05) is 11.5 Å². The van der Waals surface area contributed by atoms with Gasteiger partial charge < -0.3 is 5.32 Å². The van der Waals surface area contributed by atoms with E-state index in [4.69, 9.17) is 7.85 Å². The van der Waals surface area contributed by atoms with Crippen molar-refractivity contribution in [3.63, 3.8) is 0 Å². The highest BCUT2D eigenvalue weighted by Gasteiger charge is 2.30. The molecule has 9 heteroatoms. The lowest BCUT2D eigenvalue weighted by atomic mass is 9.99. The van der Waals surface area contributed by atoms with Crippen LogP contribution in [0.2, 0.25) is 0 Å². The van der Waals surface area contributed by atoms with Gasteiger partial charge in [-0.05, 0) is 38.0 Å². The van der Waals surface area contributed by atoms with Crippen LogP contribution in [0.4, 0.5) is 5.82 Å². The molecular formula is C18H16BN7O. The van der Waals surface area contributed by atoms with E-state index in [2.05, 4.69) is 25.6 Å². The van der Waals surface area contributed by atoms with Crippen molar-refractivity contribution in [3.8, 4) is 0 Å². The third kappa shape index (κ3) is 2.85. The van der Waals surface area contributed by atoms with Gasteiger partial charge in [0.1, 0.15) is 13.7 Å². The predicted octanol–water partition coefficient (Wildman–Crippen LogP) is 1.07. The fourth-order valence-corrected chi connectivity index (χ4v) is 3.11. The predicted molar refractivity (Wildman–Crippen MR) is 100 cm³/mol. The monoisotopic (exact) mass is 357 g/mol. The van der Waals surface area contributed by atoms with Crippen molar-refractivity contribution in [2.75, 3.05) is 5.32 Å². The first-order chi connectivity index (χ1) is 13.1. The van der Waals surface area contributed by atoms with Crippen LogP contribution in [0, 0.1) is 5.92 Å². The highest BCUT2D eigenvalue weighted by atomic mass is 16.2. The van der Waals surface area contributed by atoms with Crippen LogP contribution in [0.15, 0.2) is 36.7 Å². The SMILES string of the molecule is [B]c1ccc2nnc(C(C)c3ccc4nc(NC(=O)C5CC5)cn4n3)n2c1. The van der Waals surface area contributed by atoms with Gasteiger partial charge in [0.2, 0.25) is 5.91 Å². The van der Waals surface area contributed by atoms with Gasteiger partial charge in [-0.2, -0.15) is 5.10 Å². The van der Waals surface area contributed by atoms with Crippen molar-refractivity contribution < 1.29 is 4.79 Å². The molecule has 1 aliphatic carbocycles. The summed E-state index contributed by atoms with van der Waals surface area (Å²) in [5, 5.41) is 16.0. The van der Waals surface area contributed by atoms with Crippen molar-refractivity contribution in [1.82, 2.24) is 29.2 Å². The van der Waals surface area contributed by atoms with Crippen LogP contribution in [0.1, 0.15) is 37.2 Å². The number of hydrogen-bond donors (Lipinski definition) is 1. The van der Waals surface area contributed by atoms with Crippen molar-refractivity contribution in [3.05, 3.63) is 48.2 Å². The normalized spacial score (nSPS) is 15.3. The molecule has 0 spiro atoms. The summed E-state index contributed by atoms with van der Waals surface area (Å²) in [5.74, 6) is 1.33. The van der Waals surface area contributed by atoms with E-state index in [9.17, 15) is 4.79 Å². The van der Waals surface area contributed by atoms with Crippen molar-refractivity contribution in [2.45, 2.75) is 25.7 Å². The Balaban J connectivity index is 1.48. The molecule has 4 aromatic rings. The Kier molecular flexibility index (Phi) is 3.49. The molecule has 4 aromatic heterocycles. The van der Waals surface area contributed by atoms with Gasteiger partial charge in [0.25, 0.3) is 0 Å². The average Bonchev–Trinajstić information content (AvgIpc) is 3.31. The average molecular weight is 357 g/mol. The molecule has 0 bridgehead atoms. The molecule has 1 amide bonds. The van der Waals surface area contributed by atoms with Crippen LogP contribution in [0.25, 0.3) is 11.3 Å². The summed E-state index contributed by atoms with van der Waals surface area (Å²) in [4.78, 5) is 16.3.